The van der Waals surface area contributed by atoms with E-state index < -0.39 is 4.92 Å². The summed E-state index contributed by atoms with van der Waals surface area (Å²) in [5, 5.41) is 13.6. The summed E-state index contributed by atoms with van der Waals surface area (Å²) >= 11 is 0. The minimum atomic E-state index is -0.442. The lowest BCUT2D eigenvalue weighted by Crippen LogP contribution is -2.33. The number of hydrogen-bond donors (Lipinski definition) is 1. The second-order valence-electron chi connectivity index (χ2n) is 4.08. The van der Waals surface area contributed by atoms with Gasteiger partial charge < -0.3 is 5.32 Å². The Bertz CT molecular complexity index is 357. The van der Waals surface area contributed by atoms with Gasteiger partial charge >= 0.3 is 0 Å². The summed E-state index contributed by atoms with van der Waals surface area (Å²) in [6, 6.07) is 3.60. The third-order valence-corrected chi connectivity index (χ3v) is 2.68. The van der Waals surface area contributed by atoms with E-state index in [2.05, 4.69) is 17.2 Å². The highest BCUT2D eigenvalue weighted by atomic mass is 16.6. The Morgan fingerprint density at radius 1 is 1.53 bits per heavy atom. The molecule has 1 heterocycles. The fourth-order valence-electron chi connectivity index (χ4n) is 1.81. The topological polar surface area (TPSA) is 68.1 Å². The highest BCUT2D eigenvalue weighted by molar-refractivity contribution is 5.41. The summed E-state index contributed by atoms with van der Waals surface area (Å²) in [5.74, 6) is 1.50. The van der Waals surface area contributed by atoms with Crippen LogP contribution in [0, 0.1) is 16.0 Å². The molecule has 0 unspecified atom stereocenters. The lowest BCUT2D eigenvalue weighted by atomic mass is 9.82. The zero-order valence-corrected chi connectivity index (χ0v) is 8.51. The van der Waals surface area contributed by atoms with Crippen molar-refractivity contribution in [2.24, 2.45) is 5.92 Å². The van der Waals surface area contributed by atoms with E-state index in [0.29, 0.717) is 6.04 Å². The molecule has 1 aliphatic carbocycles. The molecule has 0 amide bonds. The van der Waals surface area contributed by atoms with Gasteiger partial charge in [-0.25, -0.2) is 4.98 Å². The maximum Gasteiger partial charge on any atom is 0.287 e. The van der Waals surface area contributed by atoms with Crippen LogP contribution < -0.4 is 5.32 Å². The maximum absolute atomic E-state index is 10.4. The van der Waals surface area contributed by atoms with Gasteiger partial charge in [-0.15, -0.1) is 0 Å². The first kappa shape index (κ1) is 9.89. The van der Waals surface area contributed by atoms with Crippen molar-refractivity contribution in [2.75, 3.05) is 5.32 Å². The number of pyridine rings is 1. The van der Waals surface area contributed by atoms with Crippen LogP contribution in [0.4, 0.5) is 11.5 Å². The lowest BCUT2D eigenvalue weighted by molar-refractivity contribution is -0.385. The molecular weight excluding hydrogens is 194 g/mol. The number of rotatable bonds is 3. The lowest BCUT2D eigenvalue weighted by Gasteiger charge is -2.33. The minimum Gasteiger partial charge on any atom is -0.367 e. The van der Waals surface area contributed by atoms with E-state index in [1.807, 2.05) is 0 Å². The van der Waals surface area contributed by atoms with Crippen LogP contribution in [0.3, 0.4) is 0 Å². The Balaban J connectivity index is 1.95. The summed E-state index contributed by atoms with van der Waals surface area (Å²) < 4.78 is 0. The number of nitrogens with one attached hydrogen (secondary N) is 1. The zero-order chi connectivity index (χ0) is 10.8. The van der Waals surface area contributed by atoms with Gasteiger partial charge in [-0.2, -0.15) is 0 Å². The van der Waals surface area contributed by atoms with Crippen molar-refractivity contribution < 1.29 is 4.92 Å². The molecule has 0 radical (unpaired) electrons. The molecule has 1 fully saturated rings. The summed E-state index contributed by atoms with van der Waals surface area (Å²) in [4.78, 5) is 13.9. The summed E-state index contributed by atoms with van der Waals surface area (Å²) in [5.41, 5.74) is 0.0301. The molecule has 0 bridgehead atoms. The van der Waals surface area contributed by atoms with Crippen LogP contribution in [0.15, 0.2) is 18.3 Å². The SMILES string of the molecule is CC1CC(Nc2ccc([N+](=O)[O-])cn2)C1. The molecule has 1 saturated carbocycles. The van der Waals surface area contributed by atoms with Crippen molar-refractivity contribution >= 4 is 11.5 Å². The van der Waals surface area contributed by atoms with E-state index in [-0.39, 0.29) is 5.69 Å². The molecule has 15 heavy (non-hydrogen) atoms. The van der Waals surface area contributed by atoms with Crippen molar-refractivity contribution in [3.63, 3.8) is 0 Å². The molecule has 0 spiro atoms. The van der Waals surface area contributed by atoms with E-state index in [0.717, 1.165) is 24.6 Å². The molecule has 1 aromatic heterocycles. The first-order valence-corrected chi connectivity index (χ1v) is 5.02. The Hall–Kier alpha value is -1.65. The number of anilines is 1. The van der Waals surface area contributed by atoms with Crippen molar-refractivity contribution in [1.29, 1.82) is 0 Å². The van der Waals surface area contributed by atoms with Crippen LogP contribution in [-0.4, -0.2) is 15.9 Å². The smallest absolute Gasteiger partial charge is 0.287 e. The van der Waals surface area contributed by atoms with Gasteiger partial charge in [0.1, 0.15) is 12.0 Å². The van der Waals surface area contributed by atoms with Gasteiger partial charge in [0, 0.05) is 12.1 Å². The zero-order valence-electron chi connectivity index (χ0n) is 8.51. The largest absolute Gasteiger partial charge is 0.367 e. The minimum absolute atomic E-state index is 0.0301. The number of aromatic nitrogens is 1. The van der Waals surface area contributed by atoms with E-state index >= 15 is 0 Å². The third kappa shape index (κ3) is 2.23. The molecular formula is C10H13N3O2. The third-order valence-electron chi connectivity index (χ3n) is 2.68. The van der Waals surface area contributed by atoms with E-state index in [1.54, 1.807) is 6.07 Å². The normalized spacial score (nSPS) is 24.3. The number of nitrogens with zero attached hydrogens (tertiary/aromatic N) is 2. The molecule has 5 heteroatoms. The van der Waals surface area contributed by atoms with Gasteiger partial charge in [-0.1, -0.05) is 6.92 Å². The van der Waals surface area contributed by atoms with Crippen molar-refractivity contribution in [3.05, 3.63) is 28.4 Å². The Kier molecular flexibility index (Phi) is 2.53. The first-order valence-electron chi connectivity index (χ1n) is 5.02. The molecule has 2 rings (SSSR count). The molecule has 0 saturated heterocycles. The van der Waals surface area contributed by atoms with Gasteiger partial charge in [0.15, 0.2) is 0 Å². The molecule has 1 aromatic rings. The average Bonchev–Trinajstić information content (AvgIpc) is 2.16. The van der Waals surface area contributed by atoms with E-state index in [1.165, 1.54) is 12.3 Å². The standard InChI is InChI=1S/C10H13N3O2/c1-7-4-8(5-7)12-10-3-2-9(6-11-10)13(14)15/h2-3,6-8H,4-5H2,1H3,(H,11,12). The monoisotopic (exact) mass is 207 g/mol. The fraction of sp³-hybridized carbons (Fsp3) is 0.500. The van der Waals surface area contributed by atoms with Crippen LogP contribution in [0.2, 0.25) is 0 Å². The van der Waals surface area contributed by atoms with Gasteiger partial charge in [-0.05, 0) is 24.8 Å². The molecule has 1 N–H and O–H groups in total. The van der Waals surface area contributed by atoms with Gasteiger partial charge in [0.2, 0.25) is 0 Å². The molecule has 80 valence electrons. The summed E-state index contributed by atoms with van der Waals surface area (Å²) in [6.07, 6.45) is 3.59. The fourth-order valence-corrected chi connectivity index (χ4v) is 1.81. The van der Waals surface area contributed by atoms with E-state index in [9.17, 15) is 10.1 Å². The summed E-state index contributed by atoms with van der Waals surface area (Å²) in [7, 11) is 0. The second kappa shape index (κ2) is 3.84. The Morgan fingerprint density at radius 3 is 2.73 bits per heavy atom. The van der Waals surface area contributed by atoms with Crippen LogP contribution in [-0.2, 0) is 0 Å². The van der Waals surface area contributed by atoms with Crippen LogP contribution in [0.5, 0.6) is 0 Å². The first-order chi connectivity index (χ1) is 7.15. The second-order valence-corrected chi connectivity index (χ2v) is 4.08. The highest BCUT2D eigenvalue weighted by Crippen LogP contribution is 2.29. The average molecular weight is 207 g/mol. The van der Waals surface area contributed by atoms with Crippen LogP contribution >= 0.6 is 0 Å². The van der Waals surface area contributed by atoms with Crippen LogP contribution in [0.25, 0.3) is 0 Å². The summed E-state index contributed by atoms with van der Waals surface area (Å²) in [6.45, 7) is 2.21. The number of hydrogen-bond acceptors (Lipinski definition) is 4. The quantitative estimate of drug-likeness (QED) is 0.609. The molecule has 0 aromatic carbocycles. The molecule has 0 atom stereocenters. The molecule has 5 nitrogen and oxygen atoms in total. The molecule has 0 aliphatic heterocycles. The van der Waals surface area contributed by atoms with Crippen molar-refractivity contribution in [1.82, 2.24) is 4.98 Å². The Morgan fingerprint density at radius 2 is 2.27 bits per heavy atom. The van der Waals surface area contributed by atoms with Gasteiger partial charge in [-0.3, -0.25) is 10.1 Å². The predicted octanol–water partition coefficient (Wildman–Crippen LogP) is 2.20. The van der Waals surface area contributed by atoms with Crippen LogP contribution in [0.1, 0.15) is 19.8 Å². The molecule has 1 aliphatic rings. The number of nitro groups is 1. The van der Waals surface area contributed by atoms with Gasteiger partial charge in [0.25, 0.3) is 5.69 Å². The predicted molar refractivity (Wildman–Crippen MR) is 56.7 cm³/mol. The van der Waals surface area contributed by atoms with E-state index in [4.69, 9.17) is 0 Å². The Labute approximate surface area is 87.7 Å². The van der Waals surface area contributed by atoms with Gasteiger partial charge in [0.05, 0.1) is 4.92 Å². The van der Waals surface area contributed by atoms with Crippen molar-refractivity contribution in [3.8, 4) is 0 Å². The maximum atomic E-state index is 10.4. The van der Waals surface area contributed by atoms with Crippen molar-refractivity contribution in [2.45, 2.75) is 25.8 Å². The highest BCUT2D eigenvalue weighted by Gasteiger charge is 2.25.